The van der Waals surface area contributed by atoms with Crippen molar-refractivity contribution >= 4 is 23.5 Å². The third kappa shape index (κ3) is 2.90. The number of halogens is 1. The molecule has 0 amide bonds. The lowest BCUT2D eigenvalue weighted by molar-refractivity contribution is -0.132. The molecule has 0 saturated carbocycles. The standard InChI is InChI=1S/C5H5ClO3/c6-2-1-4(3-7)5(8)9/h1-2H2,(H,8,9). The number of aliphatic carboxylic acids is 1. The molecule has 0 unspecified atom stereocenters. The van der Waals surface area contributed by atoms with Crippen LogP contribution >= 0.6 is 11.6 Å². The van der Waals surface area contributed by atoms with Crippen LogP contribution in [0.4, 0.5) is 0 Å². The van der Waals surface area contributed by atoms with Gasteiger partial charge in [0.25, 0.3) is 0 Å². The number of carbonyl (C=O) groups is 1. The molecule has 9 heavy (non-hydrogen) atoms. The lowest BCUT2D eigenvalue weighted by Crippen LogP contribution is -2.01. The van der Waals surface area contributed by atoms with Crippen LogP contribution in [0.25, 0.3) is 0 Å². The third-order valence-electron chi connectivity index (χ3n) is 0.726. The predicted molar refractivity (Wildman–Crippen MR) is 32.2 cm³/mol. The van der Waals surface area contributed by atoms with Gasteiger partial charge in [-0.3, -0.25) is 0 Å². The Morgan fingerprint density at radius 1 is 1.67 bits per heavy atom. The van der Waals surface area contributed by atoms with Crippen molar-refractivity contribution in [3.05, 3.63) is 5.57 Å². The second kappa shape index (κ2) is 4.13. The highest BCUT2D eigenvalue weighted by Crippen LogP contribution is 1.97. The van der Waals surface area contributed by atoms with Gasteiger partial charge >= 0.3 is 5.97 Å². The topological polar surface area (TPSA) is 54.4 Å². The van der Waals surface area contributed by atoms with E-state index < -0.39 is 5.97 Å². The molecule has 0 fully saturated rings. The number of hydrogen-bond donors (Lipinski definition) is 1. The fraction of sp³-hybridized carbons (Fsp3) is 0.400. The maximum absolute atomic E-state index is 9.96. The van der Waals surface area contributed by atoms with Gasteiger partial charge < -0.3 is 5.11 Å². The smallest absolute Gasteiger partial charge is 0.342 e. The van der Waals surface area contributed by atoms with Crippen molar-refractivity contribution in [2.45, 2.75) is 6.42 Å². The van der Waals surface area contributed by atoms with E-state index >= 15 is 0 Å². The maximum atomic E-state index is 9.96. The fourth-order valence-corrected chi connectivity index (χ4v) is 0.485. The molecule has 0 aromatic heterocycles. The number of hydrogen-bond acceptors (Lipinski definition) is 2. The Hall–Kier alpha value is -0.790. The Morgan fingerprint density at radius 3 is 2.33 bits per heavy atom. The van der Waals surface area contributed by atoms with Crippen molar-refractivity contribution in [3.63, 3.8) is 0 Å². The molecule has 0 aliphatic rings. The lowest BCUT2D eigenvalue weighted by atomic mass is 10.2. The second-order valence-electron chi connectivity index (χ2n) is 1.32. The first-order valence-electron chi connectivity index (χ1n) is 2.25. The molecule has 0 saturated heterocycles. The molecular weight excluding hydrogens is 144 g/mol. The Labute approximate surface area is 56.9 Å². The maximum Gasteiger partial charge on any atom is 0.342 e. The zero-order valence-electron chi connectivity index (χ0n) is 4.56. The zero-order chi connectivity index (χ0) is 7.28. The van der Waals surface area contributed by atoms with Crippen LogP contribution in [0, 0.1) is 0 Å². The summed E-state index contributed by atoms with van der Waals surface area (Å²) in [4.78, 5) is 19.7. The highest BCUT2D eigenvalue weighted by Gasteiger charge is 2.05. The van der Waals surface area contributed by atoms with Gasteiger partial charge in [-0.2, -0.15) is 0 Å². The summed E-state index contributed by atoms with van der Waals surface area (Å²) < 4.78 is 0. The molecule has 0 spiro atoms. The van der Waals surface area contributed by atoms with E-state index in [-0.39, 0.29) is 17.9 Å². The van der Waals surface area contributed by atoms with Crippen LogP contribution in [0.2, 0.25) is 0 Å². The number of carbonyl (C=O) groups excluding carboxylic acids is 1. The molecule has 0 aliphatic heterocycles. The van der Waals surface area contributed by atoms with E-state index in [1.165, 1.54) is 5.94 Å². The zero-order valence-corrected chi connectivity index (χ0v) is 5.31. The highest BCUT2D eigenvalue weighted by atomic mass is 35.5. The van der Waals surface area contributed by atoms with Crippen molar-refractivity contribution < 1.29 is 14.7 Å². The first-order valence-corrected chi connectivity index (χ1v) is 2.79. The van der Waals surface area contributed by atoms with E-state index in [9.17, 15) is 9.59 Å². The molecule has 0 aromatic carbocycles. The van der Waals surface area contributed by atoms with E-state index in [4.69, 9.17) is 16.7 Å². The molecule has 0 bridgehead atoms. The van der Waals surface area contributed by atoms with Crippen LogP contribution in [0.15, 0.2) is 5.57 Å². The van der Waals surface area contributed by atoms with Crippen LogP contribution in [-0.2, 0) is 9.59 Å². The van der Waals surface area contributed by atoms with Crippen LogP contribution in [-0.4, -0.2) is 22.9 Å². The molecule has 3 nitrogen and oxygen atoms in total. The van der Waals surface area contributed by atoms with Gasteiger partial charge in [-0.15, -0.1) is 11.6 Å². The summed E-state index contributed by atoms with van der Waals surface area (Å²) in [5.41, 5.74) is -0.301. The Bertz CT molecular complexity index is 158. The van der Waals surface area contributed by atoms with E-state index in [0.717, 1.165) is 0 Å². The summed E-state index contributed by atoms with van der Waals surface area (Å²) >= 11 is 5.16. The van der Waals surface area contributed by atoms with Gasteiger partial charge in [0.1, 0.15) is 11.5 Å². The van der Waals surface area contributed by atoms with Gasteiger partial charge in [-0.05, 0) is 0 Å². The number of carboxylic acids is 1. The minimum atomic E-state index is -1.24. The Balaban J connectivity index is 4.02. The largest absolute Gasteiger partial charge is 0.477 e. The highest BCUT2D eigenvalue weighted by molar-refractivity contribution is 6.18. The van der Waals surface area contributed by atoms with Crippen molar-refractivity contribution in [1.82, 2.24) is 0 Å². The lowest BCUT2D eigenvalue weighted by Gasteiger charge is -1.88. The first-order chi connectivity index (χ1) is 4.22. The van der Waals surface area contributed by atoms with Crippen molar-refractivity contribution in [1.29, 1.82) is 0 Å². The molecule has 0 radical (unpaired) electrons. The number of carboxylic acid groups (broad SMARTS) is 1. The normalized spacial score (nSPS) is 8.11. The SMILES string of the molecule is O=C=C(CCCl)C(=O)O. The predicted octanol–water partition coefficient (Wildman–Crippen LogP) is 0.458. The van der Waals surface area contributed by atoms with Gasteiger partial charge in [0, 0.05) is 12.3 Å². The fourth-order valence-electron chi connectivity index (χ4n) is 0.296. The van der Waals surface area contributed by atoms with Crippen LogP contribution < -0.4 is 0 Å². The summed E-state index contributed by atoms with van der Waals surface area (Å²) in [5, 5.41) is 8.15. The molecule has 0 aromatic rings. The molecule has 0 aliphatic carbocycles. The van der Waals surface area contributed by atoms with Crippen molar-refractivity contribution in [3.8, 4) is 0 Å². The number of rotatable bonds is 3. The summed E-state index contributed by atoms with van der Waals surface area (Å²) in [6.45, 7) is 0. The molecule has 0 heterocycles. The molecule has 1 N–H and O–H groups in total. The molecule has 0 atom stereocenters. The van der Waals surface area contributed by atoms with Gasteiger partial charge in [-0.25, -0.2) is 9.59 Å². The van der Waals surface area contributed by atoms with E-state index in [0.29, 0.717) is 0 Å². The third-order valence-corrected chi connectivity index (χ3v) is 0.915. The molecular formula is C5H5ClO3. The van der Waals surface area contributed by atoms with E-state index in [1.54, 1.807) is 0 Å². The Kier molecular flexibility index (Phi) is 3.76. The summed E-state index contributed by atoms with van der Waals surface area (Å²) in [6, 6.07) is 0. The van der Waals surface area contributed by atoms with E-state index in [1.807, 2.05) is 0 Å². The second-order valence-corrected chi connectivity index (χ2v) is 1.70. The van der Waals surface area contributed by atoms with Crippen LogP contribution in [0.1, 0.15) is 6.42 Å². The van der Waals surface area contributed by atoms with Gasteiger partial charge in [0.2, 0.25) is 0 Å². The summed E-state index contributed by atoms with van der Waals surface area (Å²) in [5.74, 6) is 0.176. The average Bonchev–Trinajstić information content (AvgIpc) is 1.82. The van der Waals surface area contributed by atoms with Crippen molar-refractivity contribution in [2.75, 3.05) is 5.88 Å². The average molecular weight is 149 g/mol. The minimum absolute atomic E-state index is 0.0698. The first kappa shape index (κ1) is 8.21. The van der Waals surface area contributed by atoms with E-state index in [2.05, 4.69) is 0 Å². The molecule has 50 valence electrons. The van der Waals surface area contributed by atoms with Gasteiger partial charge in [0.15, 0.2) is 0 Å². The summed E-state index contributed by atoms with van der Waals surface area (Å²) in [6.07, 6.45) is 0.0698. The van der Waals surface area contributed by atoms with Crippen LogP contribution in [0.3, 0.4) is 0 Å². The summed E-state index contributed by atoms with van der Waals surface area (Å²) in [7, 11) is 0. The van der Waals surface area contributed by atoms with Crippen LogP contribution in [0.5, 0.6) is 0 Å². The van der Waals surface area contributed by atoms with Crippen molar-refractivity contribution in [2.24, 2.45) is 0 Å². The Morgan fingerprint density at radius 2 is 2.22 bits per heavy atom. The number of alkyl halides is 1. The molecule has 0 rings (SSSR count). The van der Waals surface area contributed by atoms with Gasteiger partial charge in [-0.1, -0.05) is 0 Å². The monoisotopic (exact) mass is 148 g/mol. The van der Waals surface area contributed by atoms with Gasteiger partial charge in [0.05, 0.1) is 0 Å². The quantitative estimate of drug-likeness (QED) is 0.359. The molecule has 4 heteroatoms. The minimum Gasteiger partial charge on any atom is -0.477 e.